The SMILES string of the molecule is CCC(CC)(CO)NC(=O)c1ccc(Cl)cc1. The molecule has 0 spiro atoms. The van der Waals surface area contributed by atoms with Gasteiger partial charge in [0.2, 0.25) is 0 Å². The van der Waals surface area contributed by atoms with E-state index in [2.05, 4.69) is 5.32 Å². The van der Waals surface area contributed by atoms with Crippen LogP contribution in [0.3, 0.4) is 0 Å². The number of hydrogen-bond acceptors (Lipinski definition) is 2. The Labute approximate surface area is 107 Å². The van der Waals surface area contributed by atoms with Crippen LogP contribution in [-0.2, 0) is 0 Å². The minimum absolute atomic E-state index is 0.0562. The lowest BCUT2D eigenvalue weighted by molar-refractivity contribution is 0.0818. The molecule has 0 aliphatic heterocycles. The summed E-state index contributed by atoms with van der Waals surface area (Å²) in [5.74, 6) is -0.181. The lowest BCUT2D eigenvalue weighted by Crippen LogP contribution is -2.50. The van der Waals surface area contributed by atoms with Crippen molar-refractivity contribution < 1.29 is 9.90 Å². The zero-order valence-electron chi connectivity index (χ0n) is 10.2. The van der Waals surface area contributed by atoms with Crippen LogP contribution in [0, 0.1) is 0 Å². The van der Waals surface area contributed by atoms with Crippen molar-refractivity contribution in [3.05, 3.63) is 34.9 Å². The third-order valence-electron chi connectivity index (χ3n) is 3.14. The molecule has 0 radical (unpaired) electrons. The van der Waals surface area contributed by atoms with Gasteiger partial charge in [-0.05, 0) is 37.1 Å². The summed E-state index contributed by atoms with van der Waals surface area (Å²) in [6, 6.07) is 6.69. The van der Waals surface area contributed by atoms with Crippen LogP contribution in [0.4, 0.5) is 0 Å². The molecular formula is C13H18ClNO2. The number of rotatable bonds is 5. The van der Waals surface area contributed by atoms with Gasteiger partial charge in [-0.1, -0.05) is 25.4 Å². The van der Waals surface area contributed by atoms with E-state index in [9.17, 15) is 9.90 Å². The predicted molar refractivity (Wildman–Crippen MR) is 69.3 cm³/mol. The summed E-state index contributed by atoms with van der Waals surface area (Å²) in [5.41, 5.74) is 0.0191. The summed E-state index contributed by atoms with van der Waals surface area (Å²) in [7, 11) is 0. The Morgan fingerprint density at radius 1 is 1.29 bits per heavy atom. The molecule has 0 aliphatic carbocycles. The number of carbonyl (C=O) groups is 1. The van der Waals surface area contributed by atoms with Gasteiger partial charge >= 0.3 is 0 Å². The molecule has 0 fully saturated rings. The Bertz CT molecular complexity index is 363. The van der Waals surface area contributed by atoms with E-state index in [1.165, 1.54) is 0 Å². The summed E-state index contributed by atoms with van der Waals surface area (Å²) in [6.07, 6.45) is 1.39. The zero-order valence-corrected chi connectivity index (χ0v) is 10.9. The van der Waals surface area contributed by atoms with Crippen molar-refractivity contribution in [1.29, 1.82) is 0 Å². The van der Waals surface area contributed by atoms with Gasteiger partial charge in [0, 0.05) is 10.6 Å². The van der Waals surface area contributed by atoms with Crippen LogP contribution in [-0.4, -0.2) is 23.2 Å². The summed E-state index contributed by atoms with van der Waals surface area (Å²) in [6.45, 7) is 3.84. The number of aliphatic hydroxyl groups is 1. The largest absolute Gasteiger partial charge is 0.394 e. The van der Waals surface area contributed by atoms with Crippen molar-refractivity contribution in [2.45, 2.75) is 32.2 Å². The summed E-state index contributed by atoms with van der Waals surface area (Å²) < 4.78 is 0. The second-order valence-corrected chi connectivity index (χ2v) is 4.54. The van der Waals surface area contributed by atoms with Crippen molar-refractivity contribution >= 4 is 17.5 Å². The molecule has 4 heteroatoms. The maximum Gasteiger partial charge on any atom is 0.251 e. The van der Waals surface area contributed by atoms with E-state index in [0.29, 0.717) is 23.4 Å². The van der Waals surface area contributed by atoms with Gasteiger partial charge in [0.25, 0.3) is 5.91 Å². The van der Waals surface area contributed by atoms with E-state index in [4.69, 9.17) is 11.6 Å². The average molecular weight is 256 g/mol. The highest BCUT2D eigenvalue weighted by Gasteiger charge is 2.27. The molecule has 0 atom stereocenters. The molecule has 0 aromatic heterocycles. The standard InChI is InChI=1S/C13H18ClNO2/c1-3-13(4-2,9-16)15-12(17)10-5-7-11(14)8-6-10/h5-8,16H,3-4,9H2,1-2H3,(H,15,17). The molecule has 0 heterocycles. The topological polar surface area (TPSA) is 49.3 Å². The first-order valence-corrected chi connectivity index (χ1v) is 6.13. The minimum Gasteiger partial charge on any atom is -0.394 e. The fourth-order valence-electron chi connectivity index (χ4n) is 1.60. The Morgan fingerprint density at radius 2 is 1.82 bits per heavy atom. The van der Waals surface area contributed by atoms with Gasteiger partial charge in [-0.15, -0.1) is 0 Å². The van der Waals surface area contributed by atoms with E-state index in [1.54, 1.807) is 24.3 Å². The Hall–Kier alpha value is -1.06. The summed E-state index contributed by atoms with van der Waals surface area (Å²) >= 11 is 5.76. The van der Waals surface area contributed by atoms with Crippen molar-refractivity contribution in [1.82, 2.24) is 5.32 Å². The van der Waals surface area contributed by atoms with Crippen LogP contribution >= 0.6 is 11.6 Å². The maximum atomic E-state index is 12.0. The second kappa shape index (κ2) is 6.03. The highest BCUT2D eigenvalue weighted by molar-refractivity contribution is 6.30. The van der Waals surface area contributed by atoms with E-state index in [1.807, 2.05) is 13.8 Å². The van der Waals surface area contributed by atoms with Gasteiger partial charge in [0.05, 0.1) is 12.1 Å². The number of carbonyl (C=O) groups excluding carboxylic acids is 1. The third-order valence-corrected chi connectivity index (χ3v) is 3.39. The van der Waals surface area contributed by atoms with Crippen molar-refractivity contribution in [2.24, 2.45) is 0 Å². The number of nitrogens with one attached hydrogen (secondary N) is 1. The fraction of sp³-hybridized carbons (Fsp3) is 0.462. The fourth-order valence-corrected chi connectivity index (χ4v) is 1.73. The first-order chi connectivity index (χ1) is 8.06. The van der Waals surface area contributed by atoms with Gasteiger partial charge in [0.1, 0.15) is 0 Å². The van der Waals surface area contributed by atoms with E-state index in [0.717, 1.165) is 0 Å². The Morgan fingerprint density at radius 3 is 2.24 bits per heavy atom. The van der Waals surface area contributed by atoms with Gasteiger partial charge in [-0.25, -0.2) is 0 Å². The zero-order chi connectivity index (χ0) is 12.9. The van der Waals surface area contributed by atoms with Crippen molar-refractivity contribution in [3.63, 3.8) is 0 Å². The first-order valence-electron chi connectivity index (χ1n) is 5.76. The van der Waals surface area contributed by atoms with Crippen LogP contribution in [0.5, 0.6) is 0 Å². The molecule has 0 bridgehead atoms. The lowest BCUT2D eigenvalue weighted by atomic mass is 9.93. The summed E-state index contributed by atoms with van der Waals surface area (Å²) in [4.78, 5) is 12.0. The lowest BCUT2D eigenvalue weighted by Gasteiger charge is -2.30. The van der Waals surface area contributed by atoms with Crippen LogP contribution in [0.1, 0.15) is 37.0 Å². The average Bonchev–Trinajstić information content (AvgIpc) is 2.37. The number of amides is 1. The van der Waals surface area contributed by atoms with E-state index >= 15 is 0 Å². The number of aliphatic hydroxyl groups excluding tert-OH is 1. The molecule has 0 saturated carbocycles. The van der Waals surface area contributed by atoms with Gasteiger partial charge in [-0.3, -0.25) is 4.79 Å². The van der Waals surface area contributed by atoms with Crippen molar-refractivity contribution in [2.75, 3.05) is 6.61 Å². The normalized spacial score (nSPS) is 11.3. The van der Waals surface area contributed by atoms with Crippen LogP contribution in [0.15, 0.2) is 24.3 Å². The highest BCUT2D eigenvalue weighted by Crippen LogP contribution is 2.16. The van der Waals surface area contributed by atoms with Gasteiger partial charge in [0.15, 0.2) is 0 Å². The number of benzene rings is 1. The third kappa shape index (κ3) is 3.45. The van der Waals surface area contributed by atoms with Crippen LogP contribution < -0.4 is 5.32 Å². The molecule has 1 rings (SSSR count). The molecule has 94 valence electrons. The molecular weight excluding hydrogens is 238 g/mol. The van der Waals surface area contributed by atoms with Gasteiger partial charge in [-0.2, -0.15) is 0 Å². The van der Waals surface area contributed by atoms with E-state index < -0.39 is 5.54 Å². The molecule has 1 aromatic carbocycles. The van der Waals surface area contributed by atoms with Crippen LogP contribution in [0.25, 0.3) is 0 Å². The molecule has 17 heavy (non-hydrogen) atoms. The molecule has 0 aliphatic rings. The molecule has 0 unspecified atom stereocenters. The molecule has 1 amide bonds. The Balaban J connectivity index is 2.81. The van der Waals surface area contributed by atoms with Crippen LogP contribution in [0.2, 0.25) is 5.02 Å². The molecule has 3 nitrogen and oxygen atoms in total. The molecule has 0 saturated heterocycles. The summed E-state index contributed by atoms with van der Waals surface area (Å²) in [5, 5.41) is 12.9. The number of hydrogen-bond donors (Lipinski definition) is 2. The van der Waals surface area contributed by atoms with E-state index in [-0.39, 0.29) is 12.5 Å². The van der Waals surface area contributed by atoms with Crippen molar-refractivity contribution in [3.8, 4) is 0 Å². The Kier molecular flexibility index (Phi) is 4.97. The molecule has 2 N–H and O–H groups in total. The highest BCUT2D eigenvalue weighted by atomic mass is 35.5. The van der Waals surface area contributed by atoms with Gasteiger partial charge < -0.3 is 10.4 Å². The first kappa shape index (κ1) is 14.0. The smallest absolute Gasteiger partial charge is 0.251 e. The minimum atomic E-state index is -0.531. The second-order valence-electron chi connectivity index (χ2n) is 4.11. The predicted octanol–water partition coefficient (Wildman–Crippen LogP) is 2.62. The molecule has 1 aromatic rings. The maximum absolute atomic E-state index is 12.0. The number of halogens is 1. The quantitative estimate of drug-likeness (QED) is 0.850. The monoisotopic (exact) mass is 255 g/mol.